The van der Waals surface area contributed by atoms with E-state index in [0.717, 1.165) is 23.8 Å². The summed E-state index contributed by atoms with van der Waals surface area (Å²) in [5.41, 5.74) is 4.32. The standard InChI is InChI=1S/C18H17F2N2O3.C7H5N2S.Ni/c1-24-17-10-21-16(18(19)20)9-15(17)14-8-13(3-2-12(14)11-23)22-4-6-25-7-5-22;1-2-6(1)3-4-7-9-8-5-10-7;/h2-3,8-10,18H,4-7H2,1H3;6H,1-2H2;/q2*-1;+2. The van der Waals surface area contributed by atoms with Gasteiger partial charge >= 0.3 is 16.5 Å². The van der Waals surface area contributed by atoms with Gasteiger partial charge in [0.15, 0.2) is 0 Å². The molecule has 3 aromatic rings. The molecule has 2 fully saturated rings. The van der Waals surface area contributed by atoms with E-state index in [4.69, 9.17) is 9.47 Å². The Morgan fingerprint density at radius 3 is 2.64 bits per heavy atom. The van der Waals surface area contributed by atoms with Gasteiger partial charge < -0.3 is 30.5 Å². The minimum atomic E-state index is -2.71. The molecule has 1 saturated carbocycles. The molecule has 0 N–H and O–H groups in total. The van der Waals surface area contributed by atoms with Crippen LogP contribution in [0.2, 0.25) is 0 Å². The summed E-state index contributed by atoms with van der Waals surface area (Å²) in [7, 11) is 1.43. The number of alkyl halides is 2. The molecule has 0 radical (unpaired) electrons. The van der Waals surface area contributed by atoms with Crippen LogP contribution in [0.4, 0.5) is 14.5 Å². The molecule has 2 aliphatic rings. The summed E-state index contributed by atoms with van der Waals surface area (Å²) >= 11 is 1.37. The first-order valence-electron chi connectivity index (χ1n) is 11.0. The van der Waals surface area contributed by atoms with Gasteiger partial charge in [-0.3, -0.25) is 10.1 Å². The van der Waals surface area contributed by atoms with Crippen LogP contribution in [0.15, 0.2) is 30.5 Å². The molecular formula is C25H22F2N4NiO3S. The zero-order valence-corrected chi connectivity index (χ0v) is 21.1. The number of benzene rings is 1. The van der Waals surface area contributed by atoms with Crippen molar-refractivity contribution in [3.8, 4) is 28.7 Å². The summed E-state index contributed by atoms with van der Waals surface area (Å²) in [4.78, 5) is 17.2. The molecule has 1 aliphatic heterocycles. The first-order valence-corrected chi connectivity index (χ1v) is 11.8. The number of ether oxygens (including phenoxy) is 2. The smallest absolute Gasteiger partial charge is 0.496 e. The number of hydrogen-bond acceptors (Lipinski definition) is 8. The SMILES string of the molecule is C(#CC1CC1)c1nn[c-]s1.COc1cnc(C(F)F)cc1-c1cc(N2CCOCC2)ccc1[C-]=O.[Ni+2]. The van der Waals surface area contributed by atoms with Crippen molar-refractivity contribution in [1.29, 1.82) is 0 Å². The van der Waals surface area contributed by atoms with E-state index >= 15 is 0 Å². The maximum atomic E-state index is 13.0. The molecule has 1 aromatic carbocycles. The molecule has 1 aliphatic carbocycles. The zero-order chi connectivity index (χ0) is 24.6. The first-order chi connectivity index (χ1) is 17.1. The zero-order valence-electron chi connectivity index (χ0n) is 19.3. The third kappa shape index (κ3) is 7.29. The van der Waals surface area contributed by atoms with Crippen LogP contribution in [0.25, 0.3) is 11.1 Å². The fourth-order valence-corrected chi connectivity index (χ4v) is 3.77. The second kappa shape index (κ2) is 13.4. The average Bonchev–Trinajstić information content (AvgIpc) is 3.59. The van der Waals surface area contributed by atoms with Crippen LogP contribution in [0.3, 0.4) is 0 Å². The molecule has 1 saturated heterocycles. The van der Waals surface area contributed by atoms with E-state index in [0.29, 0.717) is 36.0 Å². The van der Waals surface area contributed by atoms with Crippen molar-refractivity contribution in [2.24, 2.45) is 5.92 Å². The summed E-state index contributed by atoms with van der Waals surface area (Å²) in [6, 6.07) is 6.49. The average molecular weight is 555 g/mol. The van der Waals surface area contributed by atoms with Gasteiger partial charge in [-0.1, -0.05) is 17.6 Å². The number of hydrogen-bond donors (Lipinski definition) is 0. The van der Waals surface area contributed by atoms with Crippen LogP contribution >= 0.6 is 11.3 Å². The summed E-state index contributed by atoms with van der Waals surface area (Å²) in [6.07, 6.45) is 2.92. The summed E-state index contributed by atoms with van der Waals surface area (Å²) in [5, 5.41) is 8.10. The number of carbonyl (C=O) groups excluding carboxylic acids is 1. The van der Waals surface area contributed by atoms with E-state index in [1.165, 1.54) is 43.6 Å². The van der Waals surface area contributed by atoms with Crippen molar-refractivity contribution < 1.29 is 39.5 Å². The largest absolute Gasteiger partial charge is 2.00 e. The maximum Gasteiger partial charge on any atom is 2.00 e. The number of rotatable bonds is 5. The molecule has 190 valence electrons. The van der Waals surface area contributed by atoms with E-state index in [2.05, 4.69) is 37.4 Å². The van der Waals surface area contributed by atoms with Crippen LogP contribution in [-0.4, -0.2) is 54.9 Å². The minimum absolute atomic E-state index is 0. The van der Waals surface area contributed by atoms with Crippen molar-refractivity contribution in [3.63, 3.8) is 0 Å². The Hall–Kier alpha value is -2.93. The summed E-state index contributed by atoms with van der Waals surface area (Å²) in [6.45, 7) is 2.68. The second-order valence-corrected chi connectivity index (χ2v) is 8.56. The molecule has 0 spiro atoms. The molecule has 3 heterocycles. The Bertz CT molecular complexity index is 1210. The summed E-state index contributed by atoms with van der Waals surface area (Å²) in [5.74, 6) is 7.01. The van der Waals surface area contributed by atoms with Gasteiger partial charge in [-0.15, -0.1) is 23.0 Å². The van der Waals surface area contributed by atoms with E-state index < -0.39 is 6.43 Å². The number of anilines is 1. The van der Waals surface area contributed by atoms with Crippen molar-refractivity contribution >= 4 is 23.3 Å². The minimum Gasteiger partial charge on any atom is -0.496 e. The number of methoxy groups -OCH3 is 1. The topological polar surface area (TPSA) is 77.4 Å². The fourth-order valence-electron chi connectivity index (χ4n) is 3.41. The molecule has 36 heavy (non-hydrogen) atoms. The molecule has 0 atom stereocenters. The Labute approximate surface area is 222 Å². The number of morpholine rings is 1. The quantitative estimate of drug-likeness (QED) is 0.267. The van der Waals surface area contributed by atoms with Crippen LogP contribution in [-0.2, 0) is 26.0 Å². The molecule has 11 heteroatoms. The van der Waals surface area contributed by atoms with E-state index in [1.54, 1.807) is 12.1 Å². The number of halogens is 2. The molecule has 2 aromatic heterocycles. The molecule has 0 unspecified atom stereocenters. The molecule has 0 amide bonds. The van der Waals surface area contributed by atoms with Crippen molar-refractivity contribution in [3.05, 3.63) is 52.2 Å². The van der Waals surface area contributed by atoms with Crippen molar-refractivity contribution in [1.82, 2.24) is 15.2 Å². The van der Waals surface area contributed by atoms with Crippen LogP contribution in [0.1, 0.15) is 35.5 Å². The third-order valence-electron chi connectivity index (χ3n) is 5.40. The van der Waals surface area contributed by atoms with Crippen LogP contribution < -0.4 is 9.64 Å². The van der Waals surface area contributed by atoms with Gasteiger partial charge in [-0.25, -0.2) is 13.9 Å². The van der Waals surface area contributed by atoms with Gasteiger partial charge in [0, 0.05) is 29.7 Å². The van der Waals surface area contributed by atoms with E-state index in [-0.39, 0.29) is 27.7 Å². The van der Waals surface area contributed by atoms with Crippen molar-refractivity contribution in [2.45, 2.75) is 19.3 Å². The van der Waals surface area contributed by atoms with Gasteiger partial charge in [-0.2, -0.15) is 6.07 Å². The van der Waals surface area contributed by atoms with E-state index in [9.17, 15) is 13.6 Å². The van der Waals surface area contributed by atoms with Gasteiger partial charge in [0.25, 0.3) is 6.43 Å². The fraction of sp³-hybridized carbons (Fsp3) is 0.360. The predicted octanol–water partition coefficient (Wildman–Crippen LogP) is 4.09. The van der Waals surface area contributed by atoms with Gasteiger partial charge in [0.1, 0.15) is 11.4 Å². The van der Waals surface area contributed by atoms with Crippen LogP contribution in [0.5, 0.6) is 5.75 Å². The molecular weight excluding hydrogens is 533 g/mol. The number of aromatic nitrogens is 3. The Balaban J connectivity index is 0.000000273. The second-order valence-electron chi connectivity index (χ2n) is 7.78. The van der Waals surface area contributed by atoms with E-state index in [1.807, 2.05) is 12.4 Å². The molecule has 0 bridgehead atoms. The Morgan fingerprint density at radius 1 is 1.25 bits per heavy atom. The monoisotopic (exact) mass is 554 g/mol. The Kier molecular flexibility index (Phi) is 10.3. The van der Waals surface area contributed by atoms with Gasteiger partial charge in [0.05, 0.1) is 32.8 Å². The molecule has 5 rings (SSSR count). The first kappa shape index (κ1) is 27.7. The van der Waals surface area contributed by atoms with Crippen LogP contribution in [0, 0.1) is 23.3 Å². The number of nitrogens with zero attached hydrogens (tertiary/aromatic N) is 4. The predicted molar refractivity (Wildman–Crippen MR) is 127 cm³/mol. The normalized spacial score (nSPS) is 14.6. The van der Waals surface area contributed by atoms with Crippen molar-refractivity contribution in [2.75, 3.05) is 38.3 Å². The maximum absolute atomic E-state index is 13.0. The van der Waals surface area contributed by atoms with Gasteiger partial charge in [-0.05, 0) is 24.5 Å². The molecule has 7 nitrogen and oxygen atoms in total. The van der Waals surface area contributed by atoms with Gasteiger partial charge in [0.2, 0.25) is 0 Å². The number of pyridine rings is 1. The third-order valence-corrected chi connectivity index (χ3v) is 5.95. The Morgan fingerprint density at radius 2 is 2.03 bits per heavy atom. The summed E-state index contributed by atoms with van der Waals surface area (Å²) < 4.78 is 36.7.